The largest absolute Gasteiger partial charge is 0.335 e. The number of aromatic nitrogens is 2. The van der Waals surface area contributed by atoms with Crippen LogP contribution in [0.15, 0.2) is 35.8 Å². The van der Waals surface area contributed by atoms with Crippen LogP contribution in [-0.4, -0.2) is 15.8 Å². The molecule has 0 amide bonds. The van der Waals surface area contributed by atoms with Gasteiger partial charge in [0, 0.05) is 28.0 Å². The molecule has 0 aliphatic carbocycles. The number of H-pyrrole nitrogens is 1. The van der Waals surface area contributed by atoms with Crippen molar-refractivity contribution in [2.45, 2.75) is 6.92 Å². The third kappa shape index (κ3) is 1.66. The molecule has 1 aromatic carbocycles. The number of aromatic amines is 1. The van der Waals surface area contributed by atoms with E-state index in [9.17, 15) is 4.79 Å². The Hall–Kier alpha value is -1.94. The topological polar surface area (TPSA) is 45.8 Å². The maximum absolute atomic E-state index is 11.2. The van der Waals surface area contributed by atoms with Gasteiger partial charge in [0.25, 0.3) is 0 Å². The Morgan fingerprint density at radius 2 is 2.18 bits per heavy atom. The number of rotatable bonds is 2. The van der Waals surface area contributed by atoms with E-state index >= 15 is 0 Å². The van der Waals surface area contributed by atoms with E-state index in [2.05, 4.69) is 27.5 Å². The lowest BCUT2D eigenvalue weighted by Crippen LogP contribution is -1.93. The van der Waals surface area contributed by atoms with Crippen LogP contribution in [-0.2, 0) is 0 Å². The van der Waals surface area contributed by atoms with Crippen LogP contribution in [0.4, 0.5) is 0 Å². The summed E-state index contributed by atoms with van der Waals surface area (Å²) in [7, 11) is 0. The fourth-order valence-electron chi connectivity index (χ4n) is 1.82. The lowest BCUT2D eigenvalue weighted by Gasteiger charge is -1.94. The molecular formula is C13H10N2OS. The number of thiophene rings is 1. The van der Waals surface area contributed by atoms with Gasteiger partial charge in [-0.2, -0.15) is 0 Å². The first kappa shape index (κ1) is 10.2. The highest BCUT2D eigenvalue weighted by molar-refractivity contribution is 7.17. The maximum atomic E-state index is 11.2. The molecule has 3 nitrogen and oxygen atoms in total. The number of fused-ring (bicyclic) bond motifs is 1. The van der Waals surface area contributed by atoms with Gasteiger partial charge in [0.2, 0.25) is 0 Å². The third-order valence-electron chi connectivity index (χ3n) is 2.68. The summed E-state index contributed by atoms with van der Waals surface area (Å²) in [5.41, 5.74) is 2.00. The molecule has 0 saturated heterocycles. The number of carbonyl (C=O) groups excluding carboxylic acids is 1. The highest BCUT2D eigenvalue weighted by Gasteiger charge is 2.10. The second kappa shape index (κ2) is 3.82. The number of carbonyl (C=O) groups is 1. The number of benzene rings is 1. The zero-order valence-corrected chi connectivity index (χ0v) is 10.0. The van der Waals surface area contributed by atoms with Crippen molar-refractivity contribution >= 4 is 27.2 Å². The Bertz CT molecular complexity index is 696. The minimum absolute atomic E-state index is 0.0456. The molecule has 1 N–H and O–H groups in total. The van der Waals surface area contributed by atoms with Crippen LogP contribution in [0.3, 0.4) is 0 Å². The molecular weight excluding hydrogens is 232 g/mol. The first-order chi connectivity index (χ1) is 8.25. The van der Waals surface area contributed by atoms with E-state index in [0.29, 0.717) is 5.82 Å². The molecule has 0 radical (unpaired) electrons. The average Bonchev–Trinajstić information content (AvgIpc) is 2.95. The zero-order chi connectivity index (χ0) is 11.8. The molecule has 4 heteroatoms. The summed E-state index contributed by atoms with van der Waals surface area (Å²) in [5.74, 6) is 0.367. The van der Waals surface area contributed by atoms with E-state index in [-0.39, 0.29) is 5.78 Å². The summed E-state index contributed by atoms with van der Waals surface area (Å²) in [4.78, 5) is 18.3. The summed E-state index contributed by atoms with van der Waals surface area (Å²) in [5, 5.41) is 3.28. The van der Waals surface area contributed by atoms with Gasteiger partial charge in [-0.25, -0.2) is 4.98 Å². The van der Waals surface area contributed by atoms with Gasteiger partial charge in [-0.3, -0.25) is 4.79 Å². The van der Waals surface area contributed by atoms with Crippen molar-refractivity contribution in [3.63, 3.8) is 0 Å². The molecule has 0 bridgehead atoms. The van der Waals surface area contributed by atoms with Crippen LogP contribution in [0.5, 0.6) is 0 Å². The highest BCUT2D eigenvalue weighted by atomic mass is 32.1. The molecule has 17 heavy (non-hydrogen) atoms. The number of nitrogens with one attached hydrogen (secondary N) is 1. The van der Waals surface area contributed by atoms with Gasteiger partial charge in [-0.1, -0.05) is 18.2 Å². The van der Waals surface area contributed by atoms with E-state index in [1.807, 2.05) is 12.1 Å². The van der Waals surface area contributed by atoms with Gasteiger partial charge in [-0.15, -0.1) is 11.3 Å². The molecule has 3 aromatic rings. The van der Waals surface area contributed by atoms with Crippen molar-refractivity contribution in [2.75, 3.05) is 0 Å². The van der Waals surface area contributed by atoms with E-state index in [4.69, 9.17) is 0 Å². The van der Waals surface area contributed by atoms with Gasteiger partial charge < -0.3 is 4.98 Å². The quantitative estimate of drug-likeness (QED) is 0.699. The predicted octanol–water partition coefficient (Wildman–Crippen LogP) is 3.49. The van der Waals surface area contributed by atoms with E-state index in [1.165, 1.54) is 17.0 Å². The van der Waals surface area contributed by atoms with Crippen LogP contribution in [0.25, 0.3) is 21.3 Å². The first-order valence-corrected chi connectivity index (χ1v) is 6.16. The SMILES string of the molecule is CC(=O)c1ncc(-c2csc3ccccc23)[nH]1. The standard InChI is InChI=1S/C13H10N2OS/c1-8(16)13-14-6-11(15-13)10-7-17-12-5-3-2-4-9(10)12/h2-7H,1H3,(H,14,15). The van der Waals surface area contributed by atoms with E-state index in [0.717, 1.165) is 11.3 Å². The molecule has 0 unspecified atom stereocenters. The van der Waals surface area contributed by atoms with Crippen molar-refractivity contribution < 1.29 is 4.79 Å². The highest BCUT2D eigenvalue weighted by Crippen LogP contribution is 2.32. The monoisotopic (exact) mass is 242 g/mol. The second-order valence-electron chi connectivity index (χ2n) is 3.85. The van der Waals surface area contributed by atoms with Crippen LogP contribution in [0.1, 0.15) is 17.5 Å². The van der Waals surface area contributed by atoms with Gasteiger partial charge in [0.15, 0.2) is 11.6 Å². The number of imidazole rings is 1. The van der Waals surface area contributed by atoms with Gasteiger partial charge in [-0.05, 0) is 6.07 Å². The second-order valence-corrected chi connectivity index (χ2v) is 4.76. The van der Waals surface area contributed by atoms with Crippen LogP contribution in [0, 0.1) is 0 Å². The smallest absolute Gasteiger partial charge is 0.194 e. The summed E-state index contributed by atoms with van der Waals surface area (Å²) in [6.45, 7) is 1.51. The minimum atomic E-state index is -0.0456. The normalized spacial score (nSPS) is 10.9. The summed E-state index contributed by atoms with van der Waals surface area (Å²) in [6.07, 6.45) is 1.71. The lowest BCUT2D eigenvalue weighted by atomic mass is 10.1. The number of Topliss-reactive ketones (excluding diaryl/α,β-unsaturated/α-hetero) is 1. The number of nitrogens with zero attached hydrogens (tertiary/aromatic N) is 1. The van der Waals surface area contributed by atoms with Crippen molar-refractivity contribution in [2.24, 2.45) is 0 Å². The summed E-state index contributed by atoms with van der Waals surface area (Å²) >= 11 is 1.69. The van der Waals surface area contributed by atoms with E-state index < -0.39 is 0 Å². The number of hydrogen-bond acceptors (Lipinski definition) is 3. The molecule has 0 atom stereocenters. The Morgan fingerprint density at radius 1 is 1.35 bits per heavy atom. The van der Waals surface area contributed by atoms with Gasteiger partial charge in [0.05, 0.1) is 11.9 Å². The average molecular weight is 242 g/mol. The van der Waals surface area contributed by atoms with Crippen molar-refractivity contribution in [3.05, 3.63) is 41.7 Å². The van der Waals surface area contributed by atoms with Gasteiger partial charge in [0.1, 0.15) is 0 Å². The molecule has 0 spiro atoms. The number of ketones is 1. The summed E-state index contributed by atoms with van der Waals surface area (Å²) in [6, 6.07) is 8.21. The minimum Gasteiger partial charge on any atom is -0.335 e. The Labute approximate surface area is 102 Å². The van der Waals surface area contributed by atoms with Gasteiger partial charge >= 0.3 is 0 Å². The van der Waals surface area contributed by atoms with Crippen molar-refractivity contribution in [1.29, 1.82) is 0 Å². The third-order valence-corrected chi connectivity index (χ3v) is 3.64. The number of hydrogen-bond donors (Lipinski definition) is 1. The van der Waals surface area contributed by atoms with E-state index in [1.54, 1.807) is 17.5 Å². The van der Waals surface area contributed by atoms with Crippen molar-refractivity contribution in [1.82, 2.24) is 9.97 Å². The Balaban J connectivity index is 2.17. The molecule has 0 saturated carbocycles. The zero-order valence-electron chi connectivity index (χ0n) is 9.23. The van der Waals surface area contributed by atoms with Crippen LogP contribution in [0.2, 0.25) is 0 Å². The van der Waals surface area contributed by atoms with Crippen LogP contribution >= 0.6 is 11.3 Å². The molecule has 2 aromatic heterocycles. The summed E-state index contributed by atoms with van der Waals surface area (Å²) < 4.78 is 1.24. The molecule has 0 aliphatic rings. The van der Waals surface area contributed by atoms with Crippen LogP contribution < -0.4 is 0 Å². The molecule has 84 valence electrons. The van der Waals surface area contributed by atoms with Crippen molar-refractivity contribution in [3.8, 4) is 11.3 Å². The lowest BCUT2D eigenvalue weighted by molar-refractivity contribution is 0.100. The predicted molar refractivity (Wildman–Crippen MR) is 69.4 cm³/mol. The first-order valence-electron chi connectivity index (χ1n) is 5.28. The molecule has 3 rings (SSSR count). The fourth-order valence-corrected chi connectivity index (χ4v) is 2.78. The Kier molecular flexibility index (Phi) is 2.30. The Morgan fingerprint density at radius 3 is 2.94 bits per heavy atom. The molecule has 0 aliphatic heterocycles. The fraction of sp³-hybridized carbons (Fsp3) is 0.0769. The molecule has 2 heterocycles. The molecule has 0 fully saturated rings. The maximum Gasteiger partial charge on any atom is 0.194 e.